The number of aryl methyl sites for hydroxylation is 2. The van der Waals surface area contributed by atoms with E-state index in [1.165, 1.54) is 5.56 Å². The predicted molar refractivity (Wildman–Crippen MR) is 132 cm³/mol. The van der Waals surface area contributed by atoms with Gasteiger partial charge in [-0.1, -0.05) is 41.4 Å². The molecule has 1 fully saturated rings. The predicted octanol–water partition coefficient (Wildman–Crippen LogP) is 5.03. The van der Waals surface area contributed by atoms with E-state index in [-0.39, 0.29) is 5.91 Å². The molecule has 1 aliphatic rings. The fourth-order valence-electron chi connectivity index (χ4n) is 4.13. The lowest BCUT2D eigenvalue weighted by molar-refractivity contribution is 0.0744. The van der Waals surface area contributed by atoms with E-state index in [2.05, 4.69) is 28.9 Å². The van der Waals surface area contributed by atoms with Gasteiger partial charge in [-0.2, -0.15) is 0 Å². The summed E-state index contributed by atoms with van der Waals surface area (Å²) in [6, 6.07) is 11.8. The number of nitrogens with zero attached hydrogens (tertiary/aromatic N) is 5. The summed E-state index contributed by atoms with van der Waals surface area (Å²) in [5.74, 6) is 1.39. The molecule has 172 valence electrons. The molecule has 1 saturated heterocycles. The second kappa shape index (κ2) is 9.27. The molecule has 4 aromatic rings. The third-order valence-electron chi connectivity index (χ3n) is 6.09. The van der Waals surface area contributed by atoms with Gasteiger partial charge in [-0.05, 0) is 26.0 Å². The van der Waals surface area contributed by atoms with Crippen LogP contribution >= 0.6 is 11.6 Å². The zero-order valence-electron chi connectivity index (χ0n) is 19.0. The van der Waals surface area contributed by atoms with Crippen molar-refractivity contribution in [3.63, 3.8) is 0 Å². The number of hydrogen-bond donors (Lipinski definition) is 0. The number of rotatable bonds is 4. The molecular formula is C26H24ClN5O2. The van der Waals surface area contributed by atoms with Crippen molar-refractivity contribution in [3.8, 4) is 22.5 Å². The van der Waals surface area contributed by atoms with Crippen LogP contribution in [0.3, 0.4) is 0 Å². The van der Waals surface area contributed by atoms with Gasteiger partial charge in [0.1, 0.15) is 17.3 Å². The number of furan rings is 1. The molecule has 34 heavy (non-hydrogen) atoms. The normalized spacial score (nSPS) is 13.9. The number of halogens is 1. The fourth-order valence-corrected chi connectivity index (χ4v) is 4.33. The summed E-state index contributed by atoms with van der Waals surface area (Å²) in [7, 11) is 0. The Balaban J connectivity index is 1.44. The van der Waals surface area contributed by atoms with Crippen molar-refractivity contribution in [1.29, 1.82) is 0 Å². The molecule has 8 heteroatoms. The number of anilines is 1. The highest BCUT2D eigenvalue weighted by Gasteiger charge is 2.26. The highest BCUT2D eigenvalue weighted by molar-refractivity contribution is 6.33. The Morgan fingerprint density at radius 3 is 2.41 bits per heavy atom. The average Bonchev–Trinajstić information content (AvgIpc) is 3.30. The summed E-state index contributed by atoms with van der Waals surface area (Å²) in [6.45, 7) is 6.36. The maximum atomic E-state index is 12.8. The Bertz CT molecular complexity index is 1330. The quantitative estimate of drug-likeness (QED) is 0.413. The molecule has 3 aromatic heterocycles. The molecule has 0 spiro atoms. The lowest BCUT2D eigenvalue weighted by Gasteiger charge is -2.35. The molecule has 4 heterocycles. The van der Waals surface area contributed by atoms with E-state index in [9.17, 15) is 4.79 Å². The van der Waals surface area contributed by atoms with Crippen molar-refractivity contribution >= 4 is 23.3 Å². The third kappa shape index (κ3) is 4.26. The van der Waals surface area contributed by atoms with Crippen LogP contribution in [0.15, 0.2) is 65.7 Å². The number of carbonyl (C=O) groups is 1. The van der Waals surface area contributed by atoms with Gasteiger partial charge in [0.2, 0.25) is 0 Å². The fraction of sp³-hybridized carbons (Fsp3) is 0.231. The van der Waals surface area contributed by atoms with Crippen LogP contribution in [0.1, 0.15) is 21.7 Å². The summed E-state index contributed by atoms with van der Waals surface area (Å²) in [6.07, 6.45) is 6.67. The third-order valence-corrected chi connectivity index (χ3v) is 6.39. The van der Waals surface area contributed by atoms with Crippen LogP contribution in [0.4, 0.5) is 5.82 Å². The zero-order chi connectivity index (χ0) is 23.7. The zero-order valence-corrected chi connectivity index (χ0v) is 19.8. The van der Waals surface area contributed by atoms with Crippen LogP contribution in [0.25, 0.3) is 22.5 Å². The Labute approximate surface area is 203 Å². The summed E-state index contributed by atoms with van der Waals surface area (Å²) < 4.78 is 5.29. The van der Waals surface area contributed by atoms with Gasteiger partial charge in [0.05, 0.1) is 28.7 Å². The van der Waals surface area contributed by atoms with Crippen LogP contribution in [0.2, 0.25) is 5.02 Å². The molecule has 0 bridgehead atoms. The van der Waals surface area contributed by atoms with E-state index in [0.717, 1.165) is 22.6 Å². The monoisotopic (exact) mass is 473 g/mol. The van der Waals surface area contributed by atoms with Crippen LogP contribution in [-0.2, 0) is 0 Å². The van der Waals surface area contributed by atoms with E-state index in [1.54, 1.807) is 37.8 Å². The van der Waals surface area contributed by atoms with Crippen LogP contribution < -0.4 is 4.90 Å². The van der Waals surface area contributed by atoms with Crippen molar-refractivity contribution in [3.05, 3.63) is 83.2 Å². The lowest BCUT2D eigenvalue weighted by Crippen LogP contribution is -2.49. The van der Waals surface area contributed by atoms with Crippen molar-refractivity contribution < 1.29 is 9.21 Å². The van der Waals surface area contributed by atoms with E-state index < -0.39 is 0 Å². The average molecular weight is 474 g/mol. The smallest absolute Gasteiger partial charge is 0.257 e. The number of pyridine rings is 1. The first-order valence-corrected chi connectivity index (χ1v) is 11.5. The first-order chi connectivity index (χ1) is 16.5. The van der Waals surface area contributed by atoms with E-state index >= 15 is 0 Å². The Morgan fingerprint density at radius 2 is 1.74 bits per heavy atom. The minimum Gasteiger partial charge on any atom is -0.469 e. The van der Waals surface area contributed by atoms with Gasteiger partial charge in [0.15, 0.2) is 0 Å². The van der Waals surface area contributed by atoms with Crippen LogP contribution in [0, 0.1) is 13.8 Å². The van der Waals surface area contributed by atoms with Gasteiger partial charge in [-0.25, -0.2) is 4.98 Å². The summed E-state index contributed by atoms with van der Waals surface area (Å²) >= 11 is 6.50. The van der Waals surface area contributed by atoms with Crippen molar-refractivity contribution in [2.45, 2.75) is 13.8 Å². The molecule has 0 radical (unpaired) electrons. The van der Waals surface area contributed by atoms with Crippen molar-refractivity contribution in [2.24, 2.45) is 0 Å². The lowest BCUT2D eigenvalue weighted by atomic mass is 10.0. The number of aromatic nitrogens is 3. The highest BCUT2D eigenvalue weighted by atomic mass is 35.5. The van der Waals surface area contributed by atoms with Gasteiger partial charge in [0.25, 0.3) is 5.91 Å². The second-order valence-corrected chi connectivity index (χ2v) is 8.72. The van der Waals surface area contributed by atoms with E-state index in [0.29, 0.717) is 48.2 Å². The first-order valence-electron chi connectivity index (χ1n) is 11.1. The van der Waals surface area contributed by atoms with Gasteiger partial charge < -0.3 is 14.2 Å². The molecule has 7 nitrogen and oxygen atoms in total. The summed E-state index contributed by atoms with van der Waals surface area (Å²) in [4.78, 5) is 30.7. The van der Waals surface area contributed by atoms with Crippen molar-refractivity contribution in [2.75, 3.05) is 31.1 Å². The minimum absolute atomic E-state index is 0.00374. The molecule has 1 amide bonds. The van der Waals surface area contributed by atoms with Gasteiger partial charge in [-0.3, -0.25) is 14.8 Å². The number of piperazine rings is 1. The molecule has 1 aromatic carbocycles. The number of hydrogen-bond acceptors (Lipinski definition) is 6. The van der Waals surface area contributed by atoms with Crippen LogP contribution in [-0.4, -0.2) is 51.9 Å². The standard InChI is InChI=1S/C26H24ClN5O2/c1-17-3-5-19(6-4-17)24-25(21-7-9-28-15-22(21)27)30-23(16-29-24)31-10-12-32(13-11-31)26(33)20-8-14-34-18(20)2/h3-9,14-16H,10-13H2,1-2H3. The maximum Gasteiger partial charge on any atom is 0.257 e. The number of carbonyl (C=O) groups excluding carboxylic acids is 1. The van der Waals surface area contributed by atoms with E-state index in [1.807, 2.05) is 23.1 Å². The maximum absolute atomic E-state index is 12.8. The Hall–Kier alpha value is -3.71. The molecule has 0 atom stereocenters. The van der Waals surface area contributed by atoms with E-state index in [4.69, 9.17) is 26.0 Å². The minimum atomic E-state index is -0.00374. The molecular weight excluding hydrogens is 450 g/mol. The number of amides is 1. The van der Waals surface area contributed by atoms with Gasteiger partial charge >= 0.3 is 0 Å². The summed E-state index contributed by atoms with van der Waals surface area (Å²) in [5, 5.41) is 0.521. The highest BCUT2D eigenvalue weighted by Crippen LogP contribution is 2.34. The Kier molecular flexibility index (Phi) is 6.02. The second-order valence-electron chi connectivity index (χ2n) is 8.32. The molecule has 0 unspecified atom stereocenters. The molecule has 1 aliphatic heterocycles. The molecule has 0 N–H and O–H groups in total. The van der Waals surface area contributed by atoms with Crippen LogP contribution in [0.5, 0.6) is 0 Å². The van der Waals surface area contributed by atoms with Gasteiger partial charge in [-0.15, -0.1) is 0 Å². The number of benzene rings is 1. The van der Waals surface area contributed by atoms with Crippen molar-refractivity contribution in [1.82, 2.24) is 19.9 Å². The SMILES string of the molecule is Cc1ccc(-c2ncc(N3CCN(C(=O)c4ccoc4C)CC3)nc2-c2ccncc2Cl)cc1. The first kappa shape index (κ1) is 22.1. The molecule has 5 rings (SSSR count). The largest absolute Gasteiger partial charge is 0.469 e. The Morgan fingerprint density at radius 1 is 0.971 bits per heavy atom. The topological polar surface area (TPSA) is 75.4 Å². The molecule has 0 aliphatic carbocycles. The van der Waals surface area contributed by atoms with Gasteiger partial charge in [0, 0.05) is 49.7 Å². The summed E-state index contributed by atoms with van der Waals surface area (Å²) in [5.41, 5.74) is 5.02. The molecule has 0 saturated carbocycles.